The maximum atomic E-state index is 12.4. The van der Waals surface area contributed by atoms with Crippen LogP contribution in [0, 0.1) is 0 Å². The monoisotopic (exact) mass is 399 g/mol. The van der Waals surface area contributed by atoms with Gasteiger partial charge < -0.3 is 25.0 Å². The molecule has 0 atom stereocenters. The van der Waals surface area contributed by atoms with E-state index in [1.54, 1.807) is 7.11 Å². The molecule has 1 fully saturated rings. The number of hydrogen-bond acceptors (Lipinski definition) is 7. The molecule has 0 saturated carbocycles. The van der Waals surface area contributed by atoms with E-state index in [-0.39, 0.29) is 16.8 Å². The Morgan fingerprint density at radius 2 is 2.11 bits per heavy atom. The molecule has 0 aliphatic carbocycles. The highest BCUT2D eigenvalue weighted by molar-refractivity contribution is 6.32. The number of methoxy groups -OCH3 is 1. The number of ether oxygens (including phenoxy) is 2. The topological polar surface area (TPSA) is 71.5 Å². The van der Waals surface area contributed by atoms with Gasteiger partial charge >= 0.3 is 0 Å². The van der Waals surface area contributed by atoms with Crippen molar-refractivity contribution >= 4 is 34.7 Å². The Bertz CT molecular complexity index is 775. The van der Waals surface area contributed by atoms with Gasteiger partial charge in [-0.1, -0.05) is 11.6 Å². The molecule has 0 bridgehead atoms. The number of alkyl halides is 2. The largest absolute Gasteiger partial charge is 0.494 e. The number of benzene rings is 1. The molecule has 27 heavy (non-hydrogen) atoms. The van der Waals surface area contributed by atoms with Crippen LogP contribution >= 0.6 is 11.6 Å². The summed E-state index contributed by atoms with van der Waals surface area (Å²) < 4.78 is 35.6. The number of hydrogen-bond donors (Lipinski definition) is 2. The normalized spacial score (nSPS) is 14.3. The average Bonchev–Trinajstić information content (AvgIpc) is 2.69. The van der Waals surface area contributed by atoms with Crippen molar-refractivity contribution in [1.82, 2.24) is 9.97 Å². The van der Waals surface area contributed by atoms with Gasteiger partial charge in [0, 0.05) is 24.8 Å². The maximum Gasteiger partial charge on any atom is 0.255 e. The van der Waals surface area contributed by atoms with Crippen LogP contribution in [-0.4, -0.2) is 56.4 Å². The smallest absolute Gasteiger partial charge is 0.255 e. The maximum absolute atomic E-state index is 12.4. The van der Waals surface area contributed by atoms with Crippen LogP contribution in [0.4, 0.5) is 31.9 Å². The van der Waals surface area contributed by atoms with Gasteiger partial charge in [-0.15, -0.1) is 0 Å². The van der Waals surface area contributed by atoms with Gasteiger partial charge in [0.15, 0.2) is 5.82 Å². The van der Waals surface area contributed by atoms with E-state index in [0.29, 0.717) is 24.7 Å². The van der Waals surface area contributed by atoms with E-state index < -0.39 is 13.0 Å². The summed E-state index contributed by atoms with van der Waals surface area (Å²) in [4.78, 5) is 10.4. The minimum absolute atomic E-state index is 0.137. The number of halogens is 3. The van der Waals surface area contributed by atoms with E-state index >= 15 is 0 Å². The van der Waals surface area contributed by atoms with E-state index in [0.717, 1.165) is 18.8 Å². The highest BCUT2D eigenvalue weighted by Gasteiger charge is 2.15. The van der Waals surface area contributed by atoms with Gasteiger partial charge in [0.2, 0.25) is 5.95 Å². The summed E-state index contributed by atoms with van der Waals surface area (Å²) >= 11 is 5.95. The van der Waals surface area contributed by atoms with Crippen molar-refractivity contribution in [2.45, 2.75) is 6.43 Å². The summed E-state index contributed by atoms with van der Waals surface area (Å²) in [5, 5.41) is 5.69. The molecule has 1 aromatic heterocycles. The van der Waals surface area contributed by atoms with Crippen molar-refractivity contribution in [2.75, 3.05) is 55.5 Å². The van der Waals surface area contributed by atoms with Gasteiger partial charge in [0.25, 0.3) is 6.43 Å². The number of morpholine rings is 1. The van der Waals surface area contributed by atoms with Crippen molar-refractivity contribution in [2.24, 2.45) is 0 Å². The first kappa shape index (κ1) is 19.4. The molecule has 2 aromatic rings. The Balaban J connectivity index is 1.77. The predicted octanol–water partition coefficient (Wildman–Crippen LogP) is 3.40. The molecule has 3 rings (SSSR count). The van der Waals surface area contributed by atoms with Crippen LogP contribution in [0.2, 0.25) is 5.02 Å². The molecule has 0 amide bonds. The number of rotatable bonds is 7. The van der Waals surface area contributed by atoms with E-state index in [4.69, 9.17) is 21.1 Å². The zero-order valence-corrected chi connectivity index (χ0v) is 15.5. The Kier molecular flexibility index (Phi) is 6.46. The quantitative estimate of drug-likeness (QED) is 0.739. The third-order valence-electron chi connectivity index (χ3n) is 3.98. The zero-order chi connectivity index (χ0) is 19.2. The summed E-state index contributed by atoms with van der Waals surface area (Å²) in [5.41, 5.74) is 1.67. The van der Waals surface area contributed by atoms with Crippen molar-refractivity contribution in [3.63, 3.8) is 0 Å². The van der Waals surface area contributed by atoms with Crippen LogP contribution in [0.25, 0.3) is 0 Å². The minimum Gasteiger partial charge on any atom is -0.494 e. The Hall–Kier alpha value is -2.39. The summed E-state index contributed by atoms with van der Waals surface area (Å²) in [6, 6.07) is 5.73. The second-order valence-electron chi connectivity index (χ2n) is 5.77. The second kappa shape index (κ2) is 9.01. The second-order valence-corrected chi connectivity index (χ2v) is 6.18. The number of aromatic nitrogens is 2. The Labute approximate surface area is 160 Å². The fraction of sp³-hybridized carbons (Fsp3) is 0.412. The summed E-state index contributed by atoms with van der Waals surface area (Å²) in [6.45, 7) is 2.46. The fourth-order valence-electron chi connectivity index (χ4n) is 2.65. The molecule has 2 N–H and O–H groups in total. The Morgan fingerprint density at radius 3 is 2.81 bits per heavy atom. The Morgan fingerprint density at radius 1 is 1.33 bits per heavy atom. The zero-order valence-electron chi connectivity index (χ0n) is 14.7. The standard InChI is InChI=1S/C17H20ClF2N5O2/c1-26-14-8-11(25-4-6-27-7-5-25)2-3-13(14)23-17-22-9-12(18)16(24-17)21-10-15(19)20/h2-3,8-9,15H,4-7,10H2,1H3,(H2,21,22,23,24). The lowest BCUT2D eigenvalue weighted by atomic mass is 10.2. The molecule has 7 nitrogen and oxygen atoms in total. The van der Waals surface area contributed by atoms with Gasteiger partial charge in [-0.25, -0.2) is 13.8 Å². The van der Waals surface area contributed by atoms with Gasteiger partial charge in [-0.2, -0.15) is 4.98 Å². The summed E-state index contributed by atoms with van der Waals surface area (Å²) in [5.74, 6) is 0.964. The molecule has 10 heteroatoms. The SMILES string of the molecule is COc1cc(N2CCOCC2)ccc1Nc1ncc(Cl)c(NCC(F)F)n1. The highest BCUT2D eigenvalue weighted by Crippen LogP contribution is 2.32. The number of anilines is 4. The fourth-order valence-corrected chi connectivity index (χ4v) is 2.80. The third-order valence-corrected chi connectivity index (χ3v) is 4.25. The number of nitrogens with zero attached hydrogens (tertiary/aromatic N) is 3. The van der Waals surface area contributed by atoms with Crippen LogP contribution in [0.15, 0.2) is 24.4 Å². The van der Waals surface area contributed by atoms with E-state index in [2.05, 4.69) is 25.5 Å². The lowest BCUT2D eigenvalue weighted by Gasteiger charge is -2.29. The van der Waals surface area contributed by atoms with Gasteiger partial charge in [0.1, 0.15) is 10.8 Å². The van der Waals surface area contributed by atoms with Crippen LogP contribution in [0.3, 0.4) is 0 Å². The predicted molar refractivity (Wildman–Crippen MR) is 101 cm³/mol. The average molecular weight is 400 g/mol. The van der Waals surface area contributed by atoms with Gasteiger partial charge in [-0.3, -0.25) is 0 Å². The molecular weight excluding hydrogens is 380 g/mol. The van der Waals surface area contributed by atoms with E-state index in [1.807, 2.05) is 18.2 Å². The number of nitrogens with one attached hydrogen (secondary N) is 2. The van der Waals surface area contributed by atoms with Crippen molar-refractivity contribution in [1.29, 1.82) is 0 Å². The molecule has 1 aromatic carbocycles. The van der Waals surface area contributed by atoms with Crippen LogP contribution < -0.4 is 20.3 Å². The van der Waals surface area contributed by atoms with Crippen LogP contribution in [0.5, 0.6) is 5.75 Å². The summed E-state index contributed by atoms with van der Waals surface area (Å²) in [7, 11) is 1.57. The van der Waals surface area contributed by atoms with Crippen LogP contribution in [0.1, 0.15) is 0 Å². The van der Waals surface area contributed by atoms with Crippen LogP contribution in [-0.2, 0) is 4.74 Å². The van der Waals surface area contributed by atoms with E-state index in [1.165, 1.54) is 6.20 Å². The molecule has 0 spiro atoms. The molecule has 1 aliphatic heterocycles. The first-order chi connectivity index (χ1) is 13.1. The highest BCUT2D eigenvalue weighted by atomic mass is 35.5. The molecule has 0 unspecified atom stereocenters. The lowest BCUT2D eigenvalue weighted by Crippen LogP contribution is -2.36. The third kappa shape index (κ3) is 5.08. The lowest BCUT2D eigenvalue weighted by molar-refractivity contribution is 0.122. The first-order valence-electron chi connectivity index (χ1n) is 8.39. The molecule has 0 radical (unpaired) electrons. The molecule has 146 valence electrons. The molecular formula is C17H20ClF2N5O2. The molecule has 1 aliphatic rings. The molecule has 1 saturated heterocycles. The van der Waals surface area contributed by atoms with Gasteiger partial charge in [0.05, 0.1) is 38.8 Å². The van der Waals surface area contributed by atoms with Crippen molar-refractivity contribution in [3.8, 4) is 5.75 Å². The van der Waals surface area contributed by atoms with E-state index in [9.17, 15) is 8.78 Å². The molecule has 2 heterocycles. The summed E-state index contributed by atoms with van der Waals surface area (Å²) in [6.07, 6.45) is -1.17. The van der Waals surface area contributed by atoms with Gasteiger partial charge in [-0.05, 0) is 12.1 Å². The van der Waals surface area contributed by atoms with Crippen molar-refractivity contribution < 1.29 is 18.3 Å². The first-order valence-corrected chi connectivity index (χ1v) is 8.77. The minimum atomic E-state index is -2.51. The van der Waals surface area contributed by atoms with Crippen molar-refractivity contribution in [3.05, 3.63) is 29.4 Å².